The van der Waals surface area contributed by atoms with Crippen molar-refractivity contribution in [3.05, 3.63) is 54.1 Å². The minimum absolute atomic E-state index is 0.185. The van der Waals surface area contributed by atoms with Gasteiger partial charge in [-0.05, 0) is 30.7 Å². The Morgan fingerprint density at radius 1 is 1.24 bits per heavy atom. The smallest absolute Gasteiger partial charge is 0.137 e. The lowest BCUT2D eigenvalue weighted by Crippen LogP contribution is -2.07. The number of nitrogens with zero attached hydrogens (tertiary/aromatic N) is 1. The predicted octanol–water partition coefficient (Wildman–Crippen LogP) is 3.39. The zero-order chi connectivity index (χ0) is 12.3. The van der Waals surface area contributed by atoms with Crippen LogP contribution in [0.5, 0.6) is 0 Å². The van der Waals surface area contributed by atoms with Crippen LogP contribution in [0.2, 0.25) is 0 Å². The molecule has 1 atom stereocenters. The Bertz CT molecular complexity index is 500. The maximum atomic E-state index is 13.8. The molecule has 2 nitrogen and oxygen atoms in total. The topological polar surface area (TPSA) is 38.9 Å². The highest BCUT2D eigenvalue weighted by Gasteiger charge is 2.12. The van der Waals surface area contributed by atoms with E-state index in [-0.39, 0.29) is 11.9 Å². The zero-order valence-corrected chi connectivity index (χ0v) is 10.2. The molecule has 0 fully saturated rings. The van der Waals surface area contributed by atoms with Crippen LogP contribution >= 0.6 is 11.8 Å². The molecule has 0 saturated carbocycles. The van der Waals surface area contributed by atoms with E-state index in [4.69, 9.17) is 5.73 Å². The molecule has 0 aliphatic carbocycles. The minimum Gasteiger partial charge on any atom is -0.324 e. The first-order valence-corrected chi connectivity index (χ1v) is 6.12. The lowest BCUT2D eigenvalue weighted by Gasteiger charge is -2.12. The first kappa shape index (κ1) is 12.1. The summed E-state index contributed by atoms with van der Waals surface area (Å²) in [5, 5.41) is 0. The maximum absolute atomic E-state index is 13.8. The van der Waals surface area contributed by atoms with Crippen LogP contribution in [0.3, 0.4) is 0 Å². The van der Waals surface area contributed by atoms with E-state index in [2.05, 4.69) is 4.98 Å². The second-order valence-corrected chi connectivity index (χ2v) is 4.82. The Balaban J connectivity index is 2.38. The maximum Gasteiger partial charge on any atom is 0.137 e. The van der Waals surface area contributed by atoms with Gasteiger partial charge in [0.15, 0.2) is 0 Å². The molecule has 0 radical (unpaired) electrons. The summed E-state index contributed by atoms with van der Waals surface area (Å²) in [7, 11) is 0. The van der Waals surface area contributed by atoms with Crippen LogP contribution in [0.4, 0.5) is 4.39 Å². The van der Waals surface area contributed by atoms with Crippen LogP contribution < -0.4 is 5.73 Å². The average molecular weight is 248 g/mol. The van der Waals surface area contributed by atoms with Gasteiger partial charge in [0.1, 0.15) is 5.82 Å². The zero-order valence-electron chi connectivity index (χ0n) is 9.43. The number of rotatable bonds is 3. The third-order valence-corrected chi connectivity index (χ3v) is 3.50. The third kappa shape index (κ3) is 2.84. The first-order chi connectivity index (χ1) is 8.18. The lowest BCUT2D eigenvalue weighted by molar-refractivity contribution is 0.591. The third-order valence-electron chi connectivity index (χ3n) is 2.36. The Kier molecular flexibility index (Phi) is 3.76. The highest BCUT2D eigenvalue weighted by atomic mass is 32.2. The Morgan fingerprint density at radius 3 is 2.59 bits per heavy atom. The van der Waals surface area contributed by atoms with Gasteiger partial charge in [-0.25, -0.2) is 4.39 Å². The molecule has 0 aliphatic rings. The molecule has 0 bridgehead atoms. The van der Waals surface area contributed by atoms with Gasteiger partial charge in [0.2, 0.25) is 0 Å². The Hall–Kier alpha value is -1.39. The van der Waals surface area contributed by atoms with E-state index >= 15 is 0 Å². The highest BCUT2D eigenvalue weighted by Crippen LogP contribution is 2.34. The van der Waals surface area contributed by atoms with E-state index < -0.39 is 0 Å². The van der Waals surface area contributed by atoms with Gasteiger partial charge in [-0.2, -0.15) is 0 Å². The van der Waals surface area contributed by atoms with Crippen molar-refractivity contribution in [3.8, 4) is 0 Å². The summed E-state index contributed by atoms with van der Waals surface area (Å²) in [4.78, 5) is 5.48. The molecule has 0 amide bonds. The summed E-state index contributed by atoms with van der Waals surface area (Å²) in [6, 6.07) is 8.51. The van der Waals surface area contributed by atoms with E-state index in [1.807, 2.05) is 25.1 Å². The van der Waals surface area contributed by atoms with Gasteiger partial charge in [-0.15, -0.1) is 0 Å². The summed E-state index contributed by atoms with van der Waals surface area (Å²) in [6.07, 6.45) is 3.38. The number of halogens is 1. The molecule has 17 heavy (non-hydrogen) atoms. The van der Waals surface area contributed by atoms with Crippen LogP contribution in [-0.2, 0) is 0 Å². The fraction of sp³-hybridized carbons (Fsp3) is 0.154. The van der Waals surface area contributed by atoms with Crippen LogP contribution in [0.25, 0.3) is 0 Å². The molecule has 2 N–H and O–H groups in total. The molecule has 4 heteroatoms. The molecule has 2 aromatic rings. The second kappa shape index (κ2) is 5.29. The van der Waals surface area contributed by atoms with E-state index in [9.17, 15) is 4.39 Å². The van der Waals surface area contributed by atoms with Crippen LogP contribution in [0.15, 0.2) is 52.5 Å². The number of hydrogen-bond donors (Lipinski definition) is 1. The molecule has 1 aromatic heterocycles. The highest BCUT2D eigenvalue weighted by molar-refractivity contribution is 7.99. The van der Waals surface area contributed by atoms with Crippen molar-refractivity contribution in [2.45, 2.75) is 22.8 Å². The lowest BCUT2D eigenvalue weighted by atomic mass is 10.1. The van der Waals surface area contributed by atoms with E-state index in [1.165, 1.54) is 17.8 Å². The molecule has 0 aliphatic heterocycles. The van der Waals surface area contributed by atoms with Gasteiger partial charge in [0.05, 0.1) is 4.90 Å². The fourth-order valence-electron chi connectivity index (χ4n) is 1.52. The Labute approximate surface area is 104 Å². The Morgan fingerprint density at radius 2 is 1.94 bits per heavy atom. The van der Waals surface area contributed by atoms with Gasteiger partial charge in [-0.1, -0.05) is 23.9 Å². The van der Waals surface area contributed by atoms with Crippen molar-refractivity contribution in [2.75, 3.05) is 0 Å². The number of hydrogen-bond acceptors (Lipinski definition) is 3. The number of nitrogens with two attached hydrogens (primary N) is 1. The van der Waals surface area contributed by atoms with Gasteiger partial charge >= 0.3 is 0 Å². The number of aromatic nitrogens is 1. The largest absolute Gasteiger partial charge is 0.324 e. The van der Waals surface area contributed by atoms with Crippen molar-refractivity contribution >= 4 is 11.8 Å². The molecular formula is C13H13FN2S. The van der Waals surface area contributed by atoms with Crippen molar-refractivity contribution in [2.24, 2.45) is 5.73 Å². The normalized spacial score (nSPS) is 12.4. The van der Waals surface area contributed by atoms with Gasteiger partial charge in [-0.3, -0.25) is 4.98 Å². The summed E-state index contributed by atoms with van der Waals surface area (Å²) < 4.78 is 13.8. The minimum atomic E-state index is -0.235. The van der Waals surface area contributed by atoms with Crippen molar-refractivity contribution in [3.63, 3.8) is 0 Å². The van der Waals surface area contributed by atoms with Gasteiger partial charge in [0.25, 0.3) is 0 Å². The molecule has 0 unspecified atom stereocenters. The van der Waals surface area contributed by atoms with Crippen molar-refractivity contribution < 1.29 is 4.39 Å². The standard InChI is InChI=1S/C13H13FN2S/c1-9(15)11-3-2-4-12(14)13(11)17-10-5-7-16-8-6-10/h2-9H,15H2,1H3/t9-/m1/s1. The second-order valence-electron chi connectivity index (χ2n) is 3.73. The summed E-state index contributed by atoms with van der Waals surface area (Å²) in [5.41, 5.74) is 6.67. The van der Waals surface area contributed by atoms with Crippen molar-refractivity contribution in [1.29, 1.82) is 0 Å². The van der Waals surface area contributed by atoms with E-state index in [0.717, 1.165) is 10.5 Å². The molecule has 0 spiro atoms. The molecule has 0 saturated heterocycles. The number of pyridine rings is 1. The summed E-state index contributed by atoms with van der Waals surface area (Å²) in [6.45, 7) is 1.85. The molecule has 2 rings (SSSR count). The molecule has 1 heterocycles. The SMILES string of the molecule is C[C@@H](N)c1cccc(F)c1Sc1ccncc1. The van der Waals surface area contributed by atoms with Gasteiger partial charge < -0.3 is 5.73 Å². The van der Waals surface area contributed by atoms with Crippen molar-refractivity contribution in [1.82, 2.24) is 4.98 Å². The number of benzene rings is 1. The van der Waals surface area contributed by atoms with Crippen LogP contribution in [0, 0.1) is 5.82 Å². The van der Waals surface area contributed by atoms with Crippen LogP contribution in [-0.4, -0.2) is 4.98 Å². The van der Waals surface area contributed by atoms with Gasteiger partial charge in [0, 0.05) is 23.3 Å². The van der Waals surface area contributed by atoms with E-state index in [0.29, 0.717) is 4.90 Å². The monoisotopic (exact) mass is 248 g/mol. The predicted molar refractivity (Wildman–Crippen MR) is 67.4 cm³/mol. The van der Waals surface area contributed by atoms with Crippen LogP contribution in [0.1, 0.15) is 18.5 Å². The average Bonchev–Trinajstić information content (AvgIpc) is 2.33. The molecule has 88 valence electrons. The fourth-order valence-corrected chi connectivity index (χ4v) is 2.55. The molecular weight excluding hydrogens is 235 g/mol. The quantitative estimate of drug-likeness (QED) is 0.905. The summed E-state index contributed by atoms with van der Waals surface area (Å²) >= 11 is 1.37. The van der Waals surface area contributed by atoms with E-state index in [1.54, 1.807) is 18.5 Å². The molecule has 1 aromatic carbocycles. The first-order valence-electron chi connectivity index (χ1n) is 5.30. The summed E-state index contributed by atoms with van der Waals surface area (Å²) in [5.74, 6) is -0.235.